The number of ether oxygens (including phenoxy) is 2. The second-order valence-corrected chi connectivity index (χ2v) is 12.3. The first-order valence-electron chi connectivity index (χ1n) is 16.4. The first-order chi connectivity index (χ1) is 24.2. The van der Waals surface area contributed by atoms with Crippen LogP contribution in [0.1, 0.15) is 0 Å². The van der Waals surface area contributed by atoms with Crippen LogP contribution in [0.15, 0.2) is 158 Å². The molecule has 2 heterocycles. The number of hydrogen-bond acceptors (Lipinski definition) is 3. The number of methoxy groups -OCH3 is 2. The van der Waals surface area contributed by atoms with Crippen molar-refractivity contribution in [1.29, 1.82) is 0 Å². The fraction of sp³-hybridized carbons (Fsp3) is 0.0444. The van der Waals surface area contributed by atoms with Gasteiger partial charge in [-0.25, -0.2) is 4.52 Å². The number of aromatic nitrogens is 2. The molecule has 0 atom stereocenters. The summed E-state index contributed by atoms with van der Waals surface area (Å²) in [5.74, 6) is 1.37. The topological polar surface area (TPSA) is 35.8 Å². The molecule has 0 N–H and O–H groups in total. The zero-order chi connectivity index (χ0) is 32.9. The van der Waals surface area contributed by atoms with Crippen LogP contribution in [0.25, 0.3) is 82.6 Å². The number of rotatable bonds is 6. The minimum absolute atomic E-state index is 0.677. The van der Waals surface area contributed by atoms with E-state index in [-0.39, 0.29) is 0 Å². The predicted molar refractivity (Wildman–Crippen MR) is 203 cm³/mol. The molecule has 9 rings (SSSR count). The third kappa shape index (κ3) is 4.80. The Morgan fingerprint density at radius 3 is 1.90 bits per heavy atom. The van der Waals surface area contributed by atoms with E-state index in [1.807, 2.05) is 6.07 Å². The minimum Gasteiger partial charge on any atom is -0.493 e. The summed E-state index contributed by atoms with van der Waals surface area (Å²) in [5.41, 5.74) is 9.60. The van der Waals surface area contributed by atoms with Crippen molar-refractivity contribution in [1.82, 2.24) is 9.61 Å². The molecule has 9 aromatic rings. The molecule has 0 aliphatic carbocycles. The summed E-state index contributed by atoms with van der Waals surface area (Å²) in [7, 11) is 3.36. The van der Waals surface area contributed by atoms with Gasteiger partial charge in [0.1, 0.15) is 5.69 Å². The Labute approximate surface area is 284 Å². The van der Waals surface area contributed by atoms with E-state index in [4.69, 9.17) is 14.6 Å². The van der Waals surface area contributed by atoms with Crippen molar-refractivity contribution < 1.29 is 9.47 Å². The largest absolute Gasteiger partial charge is 0.493 e. The van der Waals surface area contributed by atoms with Crippen LogP contribution in [-0.2, 0) is 0 Å². The van der Waals surface area contributed by atoms with E-state index < -0.39 is 0 Å². The maximum atomic E-state index is 5.83. The third-order valence-electron chi connectivity index (χ3n) is 9.58. The van der Waals surface area contributed by atoms with Crippen LogP contribution >= 0.6 is 0 Å². The predicted octanol–water partition coefficient (Wildman–Crippen LogP) is 11.5. The monoisotopic (exact) mass is 632 g/mol. The Morgan fingerprint density at radius 2 is 1.10 bits per heavy atom. The Bertz CT molecular complexity index is 2670. The molecule has 2 aromatic heterocycles. The molecular weight excluding hydrogens is 601 g/mol. The van der Waals surface area contributed by atoms with Gasteiger partial charge in [0.2, 0.25) is 0 Å². The second-order valence-electron chi connectivity index (χ2n) is 12.3. The van der Waals surface area contributed by atoms with Crippen molar-refractivity contribution in [2.75, 3.05) is 14.2 Å². The second kappa shape index (κ2) is 11.7. The first-order valence-corrected chi connectivity index (χ1v) is 16.4. The highest BCUT2D eigenvalue weighted by Gasteiger charge is 2.23. The molecule has 7 aromatic carbocycles. The van der Waals surface area contributed by atoms with Crippen LogP contribution < -0.4 is 9.47 Å². The van der Waals surface area contributed by atoms with Gasteiger partial charge < -0.3 is 9.47 Å². The summed E-state index contributed by atoms with van der Waals surface area (Å²) < 4.78 is 13.7. The molecule has 0 fully saturated rings. The lowest BCUT2D eigenvalue weighted by molar-refractivity contribution is 0.356. The highest BCUT2D eigenvalue weighted by Crippen LogP contribution is 2.44. The number of fused-ring (bicyclic) bond motifs is 5. The zero-order valence-electron chi connectivity index (χ0n) is 27.2. The summed E-state index contributed by atoms with van der Waals surface area (Å²) in [4.78, 5) is 0. The number of pyridine rings is 1. The maximum absolute atomic E-state index is 5.83. The molecule has 0 radical (unpaired) electrons. The average Bonchev–Trinajstić information content (AvgIpc) is 3.58. The van der Waals surface area contributed by atoms with Crippen LogP contribution in [0.2, 0.25) is 0 Å². The van der Waals surface area contributed by atoms with Gasteiger partial charge in [0.25, 0.3) is 0 Å². The van der Waals surface area contributed by atoms with E-state index in [0.717, 1.165) is 49.9 Å². The van der Waals surface area contributed by atoms with Crippen LogP contribution in [0.3, 0.4) is 0 Å². The Hall–Kier alpha value is -6.39. The molecule has 0 aliphatic heterocycles. The van der Waals surface area contributed by atoms with Crippen LogP contribution in [-0.4, -0.2) is 23.8 Å². The molecule has 234 valence electrons. The lowest BCUT2D eigenvalue weighted by Crippen LogP contribution is -1.97. The summed E-state index contributed by atoms with van der Waals surface area (Å²) in [6.07, 6.45) is 0. The number of benzene rings is 7. The smallest absolute Gasteiger partial charge is 0.161 e. The summed E-state index contributed by atoms with van der Waals surface area (Å²) in [6.45, 7) is 0. The van der Waals surface area contributed by atoms with E-state index in [0.29, 0.717) is 11.5 Å². The zero-order valence-corrected chi connectivity index (χ0v) is 27.2. The van der Waals surface area contributed by atoms with Gasteiger partial charge in [0.15, 0.2) is 11.5 Å². The van der Waals surface area contributed by atoms with Gasteiger partial charge in [-0.05, 0) is 67.9 Å². The minimum atomic E-state index is 0.677. The van der Waals surface area contributed by atoms with E-state index in [9.17, 15) is 0 Å². The van der Waals surface area contributed by atoms with Gasteiger partial charge in [-0.1, -0.05) is 133 Å². The number of nitrogens with zero attached hydrogens (tertiary/aromatic N) is 2. The van der Waals surface area contributed by atoms with Crippen molar-refractivity contribution in [3.05, 3.63) is 158 Å². The van der Waals surface area contributed by atoms with Crippen molar-refractivity contribution in [3.8, 4) is 56.3 Å². The molecule has 4 nitrogen and oxygen atoms in total. The molecule has 0 saturated carbocycles. The lowest BCUT2D eigenvalue weighted by Gasteiger charge is -2.14. The molecule has 0 amide bonds. The molecule has 0 saturated heterocycles. The fourth-order valence-electron chi connectivity index (χ4n) is 7.19. The van der Waals surface area contributed by atoms with Crippen molar-refractivity contribution in [2.24, 2.45) is 0 Å². The van der Waals surface area contributed by atoms with E-state index in [1.54, 1.807) is 14.2 Å². The Balaban J connectivity index is 1.36. The van der Waals surface area contributed by atoms with Gasteiger partial charge in [0.05, 0.1) is 25.4 Å². The molecular formula is C45H32N2O2. The van der Waals surface area contributed by atoms with Crippen molar-refractivity contribution in [2.45, 2.75) is 0 Å². The van der Waals surface area contributed by atoms with Crippen molar-refractivity contribution in [3.63, 3.8) is 0 Å². The standard InChI is InChI=1S/C45H32N2O2/c1-48-41-27-36-26-40(32-13-4-3-5-14-32)47-45(39(36)28-42(41)49-2)43(35-24-19-29-11-6-7-15-34(29)25-35)44(46-47)33-22-20-31(21-23-33)38-18-10-16-30-12-8-9-17-37(30)38/h3-28H,1-2H3. The summed E-state index contributed by atoms with van der Waals surface area (Å²) in [6, 6.07) is 55.9. The maximum Gasteiger partial charge on any atom is 0.161 e. The lowest BCUT2D eigenvalue weighted by atomic mass is 9.93. The van der Waals surface area contributed by atoms with Gasteiger partial charge >= 0.3 is 0 Å². The Morgan fingerprint density at radius 1 is 0.449 bits per heavy atom. The molecule has 0 unspecified atom stereocenters. The van der Waals surface area contributed by atoms with Gasteiger partial charge in [-0.15, -0.1) is 0 Å². The van der Waals surface area contributed by atoms with Gasteiger partial charge in [0, 0.05) is 22.1 Å². The van der Waals surface area contributed by atoms with E-state index in [1.165, 1.54) is 32.7 Å². The SMILES string of the molecule is COc1cc2cc(-c3ccccc3)n3nc(-c4ccc(-c5cccc6ccccc56)cc4)c(-c4ccc5ccccc5c4)c3c2cc1OC. The summed E-state index contributed by atoms with van der Waals surface area (Å²) in [5, 5.41) is 12.4. The molecule has 0 spiro atoms. The number of hydrogen-bond donors (Lipinski definition) is 0. The van der Waals surface area contributed by atoms with Gasteiger partial charge in [-0.3, -0.25) is 0 Å². The quantitative estimate of drug-likeness (QED) is 0.183. The van der Waals surface area contributed by atoms with E-state index >= 15 is 0 Å². The van der Waals surface area contributed by atoms with Crippen LogP contribution in [0, 0.1) is 0 Å². The van der Waals surface area contributed by atoms with E-state index in [2.05, 4.69) is 156 Å². The third-order valence-corrected chi connectivity index (χ3v) is 9.58. The first kappa shape index (κ1) is 28.8. The normalized spacial score (nSPS) is 11.5. The van der Waals surface area contributed by atoms with Crippen molar-refractivity contribution >= 4 is 37.8 Å². The van der Waals surface area contributed by atoms with Gasteiger partial charge in [-0.2, -0.15) is 5.10 Å². The molecule has 4 heteroatoms. The Kier molecular flexibility index (Phi) is 6.87. The highest BCUT2D eigenvalue weighted by molar-refractivity contribution is 6.10. The average molecular weight is 633 g/mol. The molecule has 0 bridgehead atoms. The highest BCUT2D eigenvalue weighted by atomic mass is 16.5. The van der Waals surface area contributed by atoms with Crippen LogP contribution in [0.4, 0.5) is 0 Å². The molecule has 49 heavy (non-hydrogen) atoms. The summed E-state index contributed by atoms with van der Waals surface area (Å²) >= 11 is 0. The molecule has 0 aliphatic rings. The fourth-order valence-corrected chi connectivity index (χ4v) is 7.19. The van der Waals surface area contributed by atoms with Crippen LogP contribution in [0.5, 0.6) is 11.5 Å².